The molecule has 0 saturated carbocycles. The first-order valence-corrected chi connectivity index (χ1v) is 8.31. The summed E-state index contributed by atoms with van der Waals surface area (Å²) in [4.78, 5) is 16.7. The van der Waals surface area contributed by atoms with Crippen molar-refractivity contribution in [1.29, 1.82) is 0 Å². The van der Waals surface area contributed by atoms with E-state index in [0.29, 0.717) is 6.04 Å². The maximum atomic E-state index is 11.6. The molecule has 2 saturated heterocycles. The molecule has 2 aliphatic rings. The Balaban J connectivity index is 1.88. The number of likely N-dealkylation sites (tertiary alicyclic amines) is 2. The van der Waals surface area contributed by atoms with E-state index < -0.39 is 11.4 Å². The quantitative estimate of drug-likeness (QED) is 0.812. The zero-order valence-corrected chi connectivity index (χ0v) is 13.1. The van der Waals surface area contributed by atoms with Crippen molar-refractivity contribution < 1.29 is 9.90 Å². The Kier molecular flexibility index (Phi) is 5.44. The zero-order chi connectivity index (χ0) is 14.6. The van der Waals surface area contributed by atoms with Crippen LogP contribution in [-0.4, -0.2) is 59.6 Å². The molecule has 2 aliphatic heterocycles. The predicted molar refractivity (Wildman–Crippen MR) is 80.9 cm³/mol. The number of aliphatic carboxylic acids is 1. The maximum Gasteiger partial charge on any atom is 0.310 e. The van der Waals surface area contributed by atoms with Gasteiger partial charge in [-0.1, -0.05) is 20.3 Å². The summed E-state index contributed by atoms with van der Waals surface area (Å²) in [5.74, 6) is -0.578. The van der Waals surface area contributed by atoms with Crippen LogP contribution in [0.2, 0.25) is 0 Å². The van der Waals surface area contributed by atoms with Crippen LogP contribution in [0, 0.1) is 5.41 Å². The van der Waals surface area contributed by atoms with Gasteiger partial charge in [0.25, 0.3) is 0 Å². The fourth-order valence-corrected chi connectivity index (χ4v) is 4.00. The maximum absolute atomic E-state index is 11.6. The lowest BCUT2D eigenvalue weighted by atomic mass is 9.82. The number of carbonyl (C=O) groups is 1. The molecule has 2 rings (SSSR count). The fraction of sp³-hybridized carbons (Fsp3) is 0.938. The first-order valence-electron chi connectivity index (χ1n) is 8.31. The van der Waals surface area contributed by atoms with Gasteiger partial charge in [-0.25, -0.2) is 0 Å². The highest BCUT2D eigenvalue weighted by Gasteiger charge is 2.45. The molecule has 0 aromatic heterocycles. The molecule has 0 spiro atoms. The molecule has 20 heavy (non-hydrogen) atoms. The van der Waals surface area contributed by atoms with Crippen LogP contribution in [0.15, 0.2) is 0 Å². The molecule has 0 amide bonds. The molecule has 0 aliphatic carbocycles. The van der Waals surface area contributed by atoms with Crippen LogP contribution in [0.25, 0.3) is 0 Å². The van der Waals surface area contributed by atoms with Gasteiger partial charge in [0.2, 0.25) is 0 Å². The second kappa shape index (κ2) is 6.90. The second-order valence-electron chi connectivity index (χ2n) is 6.63. The number of hydrogen-bond donors (Lipinski definition) is 1. The van der Waals surface area contributed by atoms with E-state index in [1.165, 1.54) is 38.9 Å². The van der Waals surface area contributed by atoms with Gasteiger partial charge in [-0.3, -0.25) is 9.69 Å². The van der Waals surface area contributed by atoms with Gasteiger partial charge in [0.1, 0.15) is 0 Å². The summed E-state index contributed by atoms with van der Waals surface area (Å²) < 4.78 is 0. The second-order valence-corrected chi connectivity index (χ2v) is 6.63. The van der Waals surface area contributed by atoms with Crippen molar-refractivity contribution in [3.8, 4) is 0 Å². The lowest BCUT2D eigenvalue weighted by molar-refractivity contribution is -0.148. The molecule has 116 valence electrons. The highest BCUT2D eigenvalue weighted by molar-refractivity contribution is 5.75. The summed E-state index contributed by atoms with van der Waals surface area (Å²) in [5, 5.41) is 9.59. The SMILES string of the molecule is CCCN1CCC(N2CCC(CCC)(C(=O)O)C2)CC1. The summed E-state index contributed by atoms with van der Waals surface area (Å²) in [6.07, 6.45) is 6.28. The molecule has 1 N–H and O–H groups in total. The number of nitrogens with zero attached hydrogens (tertiary/aromatic N) is 2. The third kappa shape index (κ3) is 3.34. The Morgan fingerprint density at radius 3 is 2.45 bits per heavy atom. The standard InChI is InChI=1S/C16H30N2O2/c1-3-7-16(15(19)20)8-12-18(13-16)14-5-10-17(9-4-2)11-6-14/h14H,3-13H2,1-2H3,(H,19,20). The van der Waals surface area contributed by atoms with Crippen LogP contribution >= 0.6 is 0 Å². The Labute approximate surface area is 123 Å². The third-order valence-electron chi connectivity index (χ3n) is 5.18. The highest BCUT2D eigenvalue weighted by atomic mass is 16.4. The van der Waals surface area contributed by atoms with Crippen molar-refractivity contribution in [2.45, 2.75) is 58.4 Å². The first-order chi connectivity index (χ1) is 9.61. The summed E-state index contributed by atoms with van der Waals surface area (Å²) in [6, 6.07) is 0.612. The number of carboxylic acids is 1. The largest absolute Gasteiger partial charge is 0.481 e. The van der Waals surface area contributed by atoms with Crippen molar-refractivity contribution in [3.05, 3.63) is 0 Å². The van der Waals surface area contributed by atoms with E-state index in [4.69, 9.17) is 0 Å². The highest BCUT2D eigenvalue weighted by Crippen LogP contribution is 2.37. The van der Waals surface area contributed by atoms with Gasteiger partial charge in [0, 0.05) is 12.6 Å². The van der Waals surface area contributed by atoms with E-state index in [0.717, 1.165) is 32.4 Å². The van der Waals surface area contributed by atoms with Crippen LogP contribution in [0.3, 0.4) is 0 Å². The molecule has 4 nitrogen and oxygen atoms in total. The van der Waals surface area contributed by atoms with Gasteiger partial charge in [0.15, 0.2) is 0 Å². The van der Waals surface area contributed by atoms with Crippen LogP contribution in [0.4, 0.5) is 0 Å². The Bertz CT molecular complexity index is 326. The van der Waals surface area contributed by atoms with Crippen molar-refractivity contribution in [1.82, 2.24) is 9.80 Å². The molecular weight excluding hydrogens is 252 g/mol. The van der Waals surface area contributed by atoms with Crippen molar-refractivity contribution >= 4 is 5.97 Å². The minimum atomic E-state index is -0.578. The Morgan fingerprint density at radius 2 is 1.90 bits per heavy atom. The van der Waals surface area contributed by atoms with E-state index in [2.05, 4.69) is 23.6 Å². The minimum absolute atomic E-state index is 0.463. The lowest BCUT2D eigenvalue weighted by Crippen LogP contribution is -2.45. The van der Waals surface area contributed by atoms with Gasteiger partial charge in [-0.2, -0.15) is 0 Å². The topological polar surface area (TPSA) is 43.8 Å². The van der Waals surface area contributed by atoms with Crippen LogP contribution in [0.5, 0.6) is 0 Å². The molecule has 0 aromatic carbocycles. The van der Waals surface area contributed by atoms with Crippen LogP contribution < -0.4 is 0 Å². The summed E-state index contributed by atoms with van der Waals surface area (Å²) in [7, 11) is 0. The first kappa shape index (κ1) is 15.8. The van der Waals surface area contributed by atoms with Gasteiger partial charge >= 0.3 is 5.97 Å². The summed E-state index contributed by atoms with van der Waals surface area (Å²) in [6.45, 7) is 9.65. The van der Waals surface area contributed by atoms with Gasteiger partial charge in [-0.05, 0) is 58.3 Å². The minimum Gasteiger partial charge on any atom is -0.481 e. The molecule has 0 bridgehead atoms. The van der Waals surface area contributed by atoms with Crippen molar-refractivity contribution in [2.75, 3.05) is 32.7 Å². The van der Waals surface area contributed by atoms with Gasteiger partial charge in [-0.15, -0.1) is 0 Å². The van der Waals surface area contributed by atoms with Gasteiger partial charge in [0.05, 0.1) is 5.41 Å². The molecule has 1 atom stereocenters. The Morgan fingerprint density at radius 1 is 1.20 bits per heavy atom. The molecule has 0 radical (unpaired) electrons. The third-order valence-corrected chi connectivity index (χ3v) is 5.18. The summed E-state index contributed by atoms with van der Waals surface area (Å²) >= 11 is 0. The predicted octanol–water partition coefficient (Wildman–Crippen LogP) is 2.44. The van der Waals surface area contributed by atoms with Crippen molar-refractivity contribution in [2.24, 2.45) is 5.41 Å². The van der Waals surface area contributed by atoms with E-state index in [1.54, 1.807) is 0 Å². The molecule has 4 heteroatoms. The average Bonchev–Trinajstić information content (AvgIpc) is 2.86. The molecule has 2 heterocycles. The number of carboxylic acid groups (broad SMARTS) is 1. The van der Waals surface area contributed by atoms with Crippen LogP contribution in [-0.2, 0) is 4.79 Å². The molecular formula is C16H30N2O2. The van der Waals surface area contributed by atoms with E-state index in [-0.39, 0.29) is 0 Å². The normalized spacial score (nSPS) is 29.9. The number of hydrogen-bond acceptors (Lipinski definition) is 3. The van der Waals surface area contributed by atoms with E-state index >= 15 is 0 Å². The van der Waals surface area contributed by atoms with E-state index in [1.807, 2.05) is 0 Å². The Hall–Kier alpha value is -0.610. The molecule has 0 aromatic rings. The van der Waals surface area contributed by atoms with Gasteiger partial charge < -0.3 is 10.0 Å². The number of piperidine rings is 1. The molecule has 1 unspecified atom stereocenters. The zero-order valence-electron chi connectivity index (χ0n) is 13.1. The van der Waals surface area contributed by atoms with Crippen LogP contribution in [0.1, 0.15) is 52.4 Å². The van der Waals surface area contributed by atoms with Crippen molar-refractivity contribution in [3.63, 3.8) is 0 Å². The average molecular weight is 282 g/mol. The number of rotatable bonds is 6. The lowest BCUT2D eigenvalue weighted by Gasteiger charge is -2.37. The fourth-order valence-electron chi connectivity index (χ4n) is 4.00. The van der Waals surface area contributed by atoms with E-state index in [9.17, 15) is 9.90 Å². The monoisotopic (exact) mass is 282 g/mol. The smallest absolute Gasteiger partial charge is 0.310 e. The molecule has 2 fully saturated rings. The summed E-state index contributed by atoms with van der Waals surface area (Å²) in [5.41, 5.74) is -0.463.